The van der Waals surface area contributed by atoms with E-state index in [0.717, 1.165) is 29.8 Å². The molecule has 0 unspecified atom stereocenters. The van der Waals surface area contributed by atoms with Gasteiger partial charge in [0.2, 0.25) is 15.9 Å². The van der Waals surface area contributed by atoms with E-state index in [4.69, 9.17) is 4.98 Å². The van der Waals surface area contributed by atoms with Gasteiger partial charge in [-0.3, -0.25) is 9.78 Å². The van der Waals surface area contributed by atoms with E-state index in [2.05, 4.69) is 4.72 Å². The zero-order valence-electron chi connectivity index (χ0n) is 15.9. The number of pyridine rings is 1. The summed E-state index contributed by atoms with van der Waals surface area (Å²) in [5.74, 6) is 0.269. The maximum atomic E-state index is 12.7. The molecule has 2 fully saturated rings. The lowest BCUT2D eigenvalue weighted by atomic mass is 10.0. The van der Waals surface area contributed by atoms with Crippen LogP contribution in [-0.4, -0.2) is 49.1 Å². The van der Waals surface area contributed by atoms with Gasteiger partial charge in [0.25, 0.3) is 0 Å². The molecule has 28 heavy (non-hydrogen) atoms. The van der Waals surface area contributed by atoms with Gasteiger partial charge in [0.05, 0.1) is 18.0 Å². The summed E-state index contributed by atoms with van der Waals surface area (Å²) in [6, 6.07) is 15.3. The van der Waals surface area contributed by atoms with Crippen LogP contribution in [0.3, 0.4) is 0 Å². The van der Waals surface area contributed by atoms with Crippen LogP contribution >= 0.6 is 0 Å². The number of carbonyl (C=O) groups is 1. The molecular formula is C21H25N3O3S. The summed E-state index contributed by atoms with van der Waals surface area (Å²) in [6.45, 7) is 0.589. The Labute approximate surface area is 166 Å². The molecule has 1 amide bonds. The van der Waals surface area contributed by atoms with Crippen molar-refractivity contribution in [1.82, 2.24) is 14.6 Å². The molecule has 2 aromatic rings. The Morgan fingerprint density at radius 3 is 2.54 bits per heavy atom. The number of likely N-dealkylation sites (tertiary alicyclic amines) is 1. The molecule has 1 aromatic carbocycles. The number of carbonyl (C=O) groups excluding carboxylic acids is 1. The Kier molecular flexibility index (Phi) is 5.21. The van der Waals surface area contributed by atoms with Crippen LogP contribution in [0.1, 0.15) is 25.0 Å². The molecule has 1 saturated heterocycles. The highest BCUT2D eigenvalue weighted by atomic mass is 32.2. The van der Waals surface area contributed by atoms with Crippen molar-refractivity contribution in [2.45, 2.75) is 37.8 Å². The number of sulfonamides is 1. The van der Waals surface area contributed by atoms with Crippen LogP contribution in [0.2, 0.25) is 0 Å². The first kappa shape index (κ1) is 19.1. The van der Waals surface area contributed by atoms with Gasteiger partial charge in [-0.05, 0) is 31.4 Å². The van der Waals surface area contributed by atoms with Gasteiger partial charge in [-0.2, -0.15) is 0 Å². The lowest BCUT2D eigenvalue weighted by Crippen LogP contribution is -2.48. The largest absolute Gasteiger partial charge is 0.337 e. The third-order valence-electron chi connectivity index (χ3n) is 5.42. The third kappa shape index (κ3) is 4.42. The van der Waals surface area contributed by atoms with E-state index in [9.17, 15) is 13.2 Å². The Morgan fingerprint density at radius 2 is 1.86 bits per heavy atom. The number of rotatable bonds is 6. The summed E-state index contributed by atoms with van der Waals surface area (Å²) in [5, 5.41) is 0. The van der Waals surface area contributed by atoms with Gasteiger partial charge < -0.3 is 4.90 Å². The highest BCUT2D eigenvalue weighted by Gasteiger charge is 2.43. The SMILES string of the molecule is CS(=O)(=O)N[C@H]1CCN(C(=O)C2CC2)[C@H]1Cc1cccc(-c2ccccc2)n1. The molecular weight excluding hydrogens is 374 g/mol. The number of hydrogen-bond donors (Lipinski definition) is 1. The summed E-state index contributed by atoms with van der Waals surface area (Å²) < 4.78 is 26.4. The van der Waals surface area contributed by atoms with Crippen molar-refractivity contribution in [3.63, 3.8) is 0 Å². The van der Waals surface area contributed by atoms with Gasteiger partial charge >= 0.3 is 0 Å². The molecule has 7 heteroatoms. The Bertz CT molecular complexity index is 958. The topological polar surface area (TPSA) is 79.4 Å². The minimum absolute atomic E-state index is 0.114. The van der Waals surface area contributed by atoms with Crippen molar-refractivity contribution < 1.29 is 13.2 Å². The second-order valence-corrected chi connectivity index (χ2v) is 9.52. The Hall–Kier alpha value is -2.25. The Morgan fingerprint density at radius 1 is 1.11 bits per heavy atom. The standard InChI is InChI=1S/C21H25N3O3S/c1-28(26,27)23-19-12-13-24(21(25)16-10-11-16)20(19)14-17-8-5-9-18(22-17)15-6-3-2-4-7-15/h2-9,16,19-20,23H,10-14H2,1H3/t19-,20-/m0/s1. The summed E-state index contributed by atoms with van der Waals surface area (Å²) in [6.07, 6.45) is 4.21. The molecule has 0 bridgehead atoms. The van der Waals surface area contributed by atoms with Gasteiger partial charge in [-0.15, -0.1) is 0 Å². The van der Waals surface area contributed by atoms with E-state index in [1.54, 1.807) is 0 Å². The number of nitrogens with one attached hydrogen (secondary N) is 1. The first-order valence-electron chi connectivity index (χ1n) is 9.70. The highest BCUT2D eigenvalue weighted by Crippen LogP contribution is 2.34. The van der Waals surface area contributed by atoms with Crippen molar-refractivity contribution in [2.75, 3.05) is 12.8 Å². The van der Waals surface area contributed by atoms with E-state index in [1.165, 1.54) is 6.26 Å². The Balaban J connectivity index is 1.59. The smallest absolute Gasteiger partial charge is 0.225 e. The molecule has 2 atom stereocenters. The minimum Gasteiger partial charge on any atom is -0.337 e. The fourth-order valence-corrected chi connectivity index (χ4v) is 4.76. The molecule has 2 aliphatic rings. The molecule has 1 aliphatic carbocycles. The van der Waals surface area contributed by atoms with Crippen LogP contribution in [0.15, 0.2) is 48.5 Å². The number of hydrogen-bond acceptors (Lipinski definition) is 4. The maximum absolute atomic E-state index is 12.7. The van der Waals surface area contributed by atoms with Crippen molar-refractivity contribution in [3.05, 3.63) is 54.2 Å². The average Bonchev–Trinajstić information content (AvgIpc) is 3.45. The number of amides is 1. The van der Waals surface area contributed by atoms with E-state index >= 15 is 0 Å². The van der Waals surface area contributed by atoms with Crippen molar-refractivity contribution >= 4 is 15.9 Å². The molecule has 148 valence electrons. The molecule has 1 aromatic heterocycles. The quantitative estimate of drug-likeness (QED) is 0.808. The van der Waals surface area contributed by atoms with E-state index < -0.39 is 10.0 Å². The van der Waals surface area contributed by atoms with E-state index in [1.807, 2.05) is 53.4 Å². The number of benzene rings is 1. The zero-order valence-corrected chi connectivity index (χ0v) is 16.7. The zero-order chi connectivity index (χ0) is 19.7. The van der Waals surface area contributed by atoms with Crippen LogP contribution in [-0.2, 0) is 21.2 Å². The van der Waals surface area contributed by atoms with Crippen LogP contribution < -0.4 is 4.72 Å². The van der Waals surface area contributed by atoms with Gasteiger partial charge in [0, 0.05) is 36.2 Å². The predicted octanol–water partition coefficient (Wildman–Crippen LogP) is 2.22. The van der Waals surface area contributed by atoms with E-state index in [-0.39, 0.29) is 23.9 Å². The van der Waals surface area contributed by atoms with Crippen LogP contribution in [0, 0.1) is 5.92 Å². The monoisotopic (exact) mass is 399 g/mol. The normalized spacial score (nSPS) is 22.4. The van der Waals surface area contributed by atoms with Gasteiger partial charge in [0.1, 0.15) is 0 Å². The van der Waals surface area contributed by atoms with Crippen molar-refractivity contribution in [2.24, 2.45) is 5.92 Å². The highest BCUT2D eigenvalue weighted by molar-refractivity contribution is 7.88. The van der Waals surface area contributed by atoms with Crippen molar-refractivity contribution in [1.29, 1.82) is 0 Å². The first-order chi connectivity index (χ1) is 13.4. The van der Waals surface area contributed by atoms with Gasteiger partial charge in [-0.1, -0.05) is 36.4 Å². The second-order valence-electron chi connectivity index (χ2n) is 7.74. The summed E-state index contributed by atoms with van der Waals surface area (Å²) in [4.78, 5) is 19.4. The van der Waals surface area contributed by atoms with Crippen LogP contribution in [0.25, 0.3) is 11.3 Å². The number of aromatic nitrogens is 1. The summed E-state index contributed by atoms with van der Waals surface area (Å²) in [5.41, 5.74) is 2.78. The average molecular weight is 400 g/mol. The molecule has 1 N–H and O–H groups in total. The predicted molar refractivity (Wildman–Crippen MR) is 108 cm³/mol. The van der Waals surface area contributed by atoms with Crippen molar-refractivity contribution in [3.8, 4) is 11.3 Å². The molecule has 0 radical (unpaired) electrons. The molecule has 1 saturated carbocycles. The minimum atomic E-state index is -3.35. The maximum Gasteiger partial charge on any atom is 0.225 e. The van der Waals surface area contributed by atoms with Crippen LogP contribution in [0.5, 0.6) is 0 Å². The molecule has 0 spiro atoms. The lowest BCUT2D eigenvalue weighted by molar-refractivity contribution is -0.133. The summed E-state index contributed by atoms with van der Waals surface area (Å²) in [7, 11) is -3.35. The van der Waals surface area contributed by atoms with Gasteiger partial charge in [-0.25, -0.2) is 13.1 Å². The molecule has 4 rings (SSSR count). The molecule has 6 nitrogen and oxygen atoms in total. The first-order valence-corrected chi connectivity index (χ1v) is 11.6. The fourth-order valence-electron chi connectivity index (χ4n) is 3.93. The second kappa shape index (κ2) is 7.64. The lowest BCUT2D eigenvalue weighted by Gasteiger charge is -2.28. The van der Waals surface area contributed by atoms with Crippen LogP contribution in [0.4, 0.5) is 0 Å². The molecule has 2 heterocycles. The van der Waals surface area contributed by atoms with Gasteiger partial charge in [0.15, 0.2) is 0 Å². The number of nitrogens with zero attached hydrogens (tertiary/aromatic N) is 2. The fraction of sp³-hybridized carbons (Fsp3) is 0.429. The molecule has 1 aliphatic heterocycles. The van der Waals surface area contributed by atoms with E-state index in [0.29, 0.717) is 19.4 Å². The third-order valence-corrected chi connectivity index (χ3v) is 6.15. The summed E-state index contributed by atoms with van der Waals surface area (Å²) >= 11 is 0.